The van der Waals surface area contributed by atoms with Gasteiger partial charge in [-0.3, -0.25) is 4.79 Å². The Morgan fingerprint density at radius 3 is 2.45 bits per heavy atom. The van der Waals surface area contributed by atoms with Crippen molar-refractivity contribution in [2.75, 3.05) is 7.11 Å². The van der Waals surface area contributed by atoms with E-state index in [2.05, 4.69) is 5.32 Å². The average molecular weight is 705 g/mol. The van der Waals surface area contributed by atoms with Crippen molar-refractivity contribution in [3.05, 3.63) is 106 Å². The Hall–Kier alpha value is -5.08. The summed E-state index contributed by atoms with van der Waals surface area (Å²) in [4.78, 5) is 25.3. The lowest BCUT2D eigenvalue weighted by Crippen LogP contribution is -2.65. The Labute approximate surface area is 296 Å². The summed E-state index contributed by atoms with van der Waals surface area (Å²) in [6.07, 6.45) is -5.29. The molecule has 0 spiro atoms. The quantitative estimate of drug-likeness (QED) is 0.176. The van der Waals surface area contributed by atoms with Crippen LogP contribution in [0.4, 0.5) is 4.79 Å². The highest BCUT2D eigenvalue weighted by atomic mass is 16.7. The second-order valence-corrected chi connectivity index (χ2v) is 13.1. The number of aliphatic hydroxyl groups is 2. The van der Waals surface area contributed by atoms with E-state index in [1.807, 2.05) is 50.3 Å². The monoisotopic (exact) mass is 704 g/mol. The SMILES string of the molecule is CO[C@@H]1[C@@H](OC(N)=O)[C@@H](O)[C@H](Oc2ccc3c(c2C)OC(O)C(NC(=O)c2ccc(O)c(CC=C(C)C)c2)=C3OCc2ccccc2)OC1(C)C. The van der Waals surface area contributed by atoms with Crippen molar-refractivity contribution in [1.82, 2.24) is 5.32 Å². The molecule has 0 bridgehead atoms. The van der Waals surface area contributed by atoms with Crippen LogP contribution < -0.4 is 20.5 Å². The first-order valence-corrected chi connectivity index (χ1v) is 16.4. The number of hydrogen-bond donors (Lipinski definition) is 5. The maximum Gasteiger partial charge on any atom is 0.404 e. The van der Waals surface area contributed by atoms with Gasteiger partial charge in [0.1, 0.15) is 35.7 Å². The minimum absolute atomic E-state index is 0.0275. The van der Waals surface area contributed by atoms with E-state index in [4.69, 9.17) is 34.2 Å². The number of nitrogens with one attached hydrogen (secondary N) is 1. The highest BCUT2D eigenvalue weighted by Crippen LogP contribution is 2.43. The van der Waals surface area contributed by atoms with E-state index in [9.17, 15) is 24.9 Å². The van der Waals surface area contributed by atoms with Crippen molar-refractivity contribution in [3.63, 3.8) is 0 Å². The van der Waals surface area contributed by atoms with Gasteiger partial charge in [-0.25, -0.2) is 4.79 Å². The van der Waals surface area contributed by atoms with Crippen molar-refractivity contribution in [2.24, 2.45) is 5.73 Å². The number of phenolic OH excluding ortho intramolecular Hbond substituents is 1. The molecule has 1 saturated heterocycles. The van der Waals surface area contributed by atoms with Gasteiger partial charge in [-0.15, -0.1) is 0 Å². The van der Waals surface area contributed by atoms with Gasteiger partial charge in [-0.05, 0) is 82.5 Å². The molecule has 272 valence electrons. The predicted molar refractivity (Wildman–Crippen MR) is 186 cm³/mol. The first kappa shape index (κ1) is 37.2. The average Bonchev–Trinajstić information content (AvgIpc) is 3.08. The Morgan fingerprint density at radius 2 is 1.78 bits per heavy atom. The molecule has 6 N–H and O–H groups in total. The van der Waals surface area contributed by atoms with Crippen LogP contribution in [0.15, 0.2) is 78.0 Å². The molecule has 3 aromatic rings. The van der Waals surface area contributed by atoms with Crippen molar-refractivity contribution < 1.29 is 53.3 Å². The third-order valence-corrected chi connectivity index (χ3v) is 8.64. The van der Waals surface area contributed by atoms with Gasteiger partial charge >= 0.3 is 6.09 Å². The summed E-state index contributed by atoms with van der Waals surface area (Å²) in [5.74, 6) is 0.0753. The zero-order valence-corrected chi connectivity index (χ0v) is 29.3. The largest absolute Gasteiger partial charge is 0.508 e. The van der Waals surface area contributed by atoms with E-state index < -0.39 is 48.5 Å². The molecule has 51 heavy (non-hydrogen) atoms. The fourth-order valence-electron chi connectivity index (χ4n) is 6.03. The van der Waals surface area contributed by atoms with Gasteiger partial charge in [0.05, 0.1) is 11.2 Å². The Bertz CT molecular complexity index is 1820. The molecule has 0 radical (unpaired) electrons. The number of nitrogens with two attached hydrogens (primary N) is 1. The van der Waals surface area contributed by atoms with E-state index in [1.165, 1.54) is 19.2 Å². The van der Waals surface area contributed by atoms with E-state index in [1.54, 1.807) is 39.0 Å². The lowest BCUT2D eigenvalue weighted by atomic mass is 9.89. The zero-order chi connectivity index (χ0) is 37.0. The van der Waals surface area contributed by atoms with Crippen LogP contribution in [-0.4, -0.2) is 70.9 Å². The molecule has 13 heteroatoms. The second kappa shape index (κ2) is 15.4. The lowest BCUT2D eigenvalue weighted by molar-refractivity contribution is -0.304. The van der Waals surface area contributed by atoms with Crippen LogP contribution in [0.25, 0.3) is 5.76 Å². The summed E-state index contributed by atoms with van der Waals surface area (Å²) in [6, 6.07) is 17.1. The molecule has 5 atom stereocenters. The molecule has 3 aromatic carbocycles. The number of carbonyl (C=O) groups is 2. The predicted octanol–water partition coefficient (Wildman–Crippen LogP) is 4.59. The summed E-state index contributed by atoms with van der Waals surface area (Å²) >= 11 is 0. The molecule has 2 amide bonds. The fraction of sp³-hybridized carbons (Fsp3) is 0.368. The van der Waals surface area contributed by atoms with Gasteiger partial charge in [0.25, 0.3) is 5.91 Å². The van der Waals surface area contributed by atoms with Crippen LogP contribution in [0.1, 0.15) is 60.3 Å². The Morgan fingerprint density at radius 1 is 1.06 bits per heavy atom. The Balaban J connectivity index is 1.49. The number of benzene rings is 3. The minimum Gasteiger partial charge on any atom is -0.508 e. The van der Waals surface area contributed by atoms with Crippen LogP contribution in [-0.2, 0) is 32.0 Å². The highest BCUT2D eigenvalue weighted by molar-refractivity contribution is 5.97. The summed E-state index contributed by atoms with van der Waals surface area (Å²) in [6.45, 7) is 9.05. The Kier molecular flexibility index (Phi) is 11.3. The maximum atomic E-state index is 13.6. The molecule has 2 heterocycles. The van der Waals surface area contributed by atoms with Crippen LogP contribution in [0, 0.1) is 6.92 Å². The molecule has 5 rings (SSSR count). The summed E-state index contributed by atoms with van der Waals surface area (Å²) in [5.41, 5.74) is 7.71. The number of allylic oxidation sites excluding steroid dienone is 2. The van der Waals surface area contributed by atoms with Crippen LogP contribution in [0.2, 0.25) is 0 Å². The molecule has 0 aromatic heterocycles. The molecular weight excluding hydrogens is 660 g/mol. The van der Waals surface area contributed by atoms with E-state index >= 15 is 0 Å². The lowest BCUT2D eigenvalue weighted by Gasteiger charge is -2.47. The number of aliphatic hydroxyl groups excluding tert-OH is 2. The number of hydrogen-bond acceptors (Lipinski definition) is 11. The number of fused-ring (bicyclic) bond motifs is 1. The van der Waals surface area contributed by atoms with Crippen LogP contribution >= 0.6 is 0 Å². The van der Waals surface area contributed by atoms with Gasteiger partial charge in [0.15, 0.2) is 18.0 Å². The van der Waals surface area contributed by atoms with Crippen LogP contribution in [0.3, 0.4) is 0 Å². The maximum absolute atomic E-state index is 13.6. The van der Waals surface area contributed by atoms with E-state index in [-0.39, 0.29) is 40.9 Å². The molecule has 1 unspecified atom stereocenters. The van der Waals surface area contributed by atoms with Crippen molar-refractivity contribution in [1.29, 1.82) is 0 Å². The zero-order valence-electron chi connectivity index (χ0n) is 29.3. The van der Waals surface area contributed by atoms with Gasteiger partial charge in [-0.1, -0.05) is 42.0 Å². The first-order valence-electron chi connectivity index (χ1n) is 16.4. The molecular formula is C38H44N2O11. The number of primary amides is 1. The van der Waals surface area contributed by atoms with Gasteiger partial charge in [0.2, 0.25) is 12.6 Å². The summed E-state index contributed by atoms with van der Waals surface area (Å²) in [5, 5.41) is 35.6. The van der Waals surface area contributed by atoms with Crippen molar-refractivity contribution in [2.45, 2.75) is 84.1 Å². The van der Waals surface area contributed by atoms with Crippen LogP contribution in [0.5, 0.6) is 17.2 Å². The minimum atomic E-state index is -1.67. The third kappa shape index (κ3) is 8.29. The molecule has 1 fully saturated rings. The van der Waals surface area contributed by atoms with Gasteiger partial charge < -0.3 is 54.8 Å². The number of carbonyl (C=O) groups excluding carboxylic acids is 2. The molecule has 2 aliphatic rings. The normalized spacial score (nSPS) is 22.2. The summed E-state index contributed by atoms with van der Waals surface area (Å²) in [7, 11) is 1.40. The molecule has 2 aliphatic heterocycles. The number of rotatable bonds is 11. The molecule has 0 saturated carbocycles. The number of phenols is 1. The third-order valence-electron chi connectivity index (χ3n) is 8.64. The van der Waals surface area contributed by atoms with Crippen molar-refractivity contribution in [3.8, 4) is 17.2 Å². The highest BCUT2D eigenvalue weighted by Gasteiger charge is 2.53. The number of amides is 2. The standard InChI is InChI=1S/C38H44N2O11/c1-20(2)12-13-23-18-24(14-16-26(23)41)34(43)40-28-31(47-19-22-10-8-7-9-11-22)25-15-17-27(21(3)30(25)49-35(28)44)48-36-29(42)32(50-37(39)45)33(46-6)38(4,5)51-36/h7-12,14-18,29,32-33,35-36,41-42,44H,13,19H2,1-6H3,(H2,39,45)(H,40,43)/t29-,32+,33-,35?,36-/m1/s1. The molecule has 0 aliphatic carbocycles. The number of methoxy groups -OCH3 is 1. The van der Waals surface area contributed by atoms with Crippen molar-refractivity contribution >= 4 is 17.8 Å². The smallest absolute Gasteiger partial charge is 0.404 e. The van der Waals surface area contributed by atoms with Gasteiger partial charge in [0, 0.05) is 18.2 Å². The molecule has 13 nitrogen and oxygen atoms in total. The van der Waals surface area contributed by atoms with Gasteiger partial charge in [-0.2, -0.15) is 0 Å². The van der Waals surface area contributed by atoms with E-state index in [0.717, 1.165) is 11.1 Å². The number of aromatic hydroxyl groups is 1. The van der Waals surface area contributed by atoms with E-state index in [0.29, 0.717) is 23.1 Å². The topological polar surface area (TPSA) is 188 Å². The fourth-order valence-corrected chi connectivity index (χ4v) is 6.03. The first-order chi connectivity index (χ1) is 24.2. The second-order valence-electron chi connectivity index (χ2n) is 13.1. The number of ether oxygens (including phenoxy) is 6. The summed E-state index contributed by atoms with van der Waals surface area (Å²) < 4.78 is 35.1.